The summed E-state index contributed by atoms with van der Waals surface area (Å²) in [6.07, 6.45) is -0.695. The third-order valence-electron chi connectivity index (χ3n) is 2.96. The van der Waals surface area contributed by atoms with E-state index in [0.29, 0.717) is 5.95 Å². The van der Waals surface area contributed by atoms with Crippen LogP contribution in [0.1, 0.15) is 0 Å². The van der Waals surface area contributed by atoms with Crippen LogP contribution in [-0.4, -0.2) is 50.6 Å². The number of methoxy groups -OCH3 is 1. The lowest BCUT2D eigenvalue weighted by Crippen LogP contribution is -2.36. The van der Waals surface area contributed by atoms with E-state index in [4.69, 9.17) is 4.74 Å². The highest BCUT2D eigenvalue weighted by atomic mass is 16.5. The van der Waals surface area contributed by atoms with Crippen molar-refractivity contribution in [1.29, 1.82) is 0 Å². The number of fused-ring (bicyclic) bond motifs is 1. The van der Waals surface area contributed by atoms with Crippen LogP contribution in [0.3, 0.4) is 0 Å². The van der Waals surface area contributed by atoms with E-state index in [1.807, 2.05) is 0 Å². The van der Waals surface area contributed by atoms with Crippen LogP contribution in [-0.2, 0) is 18.8 Å². The molecule has 2 heterocycles. The molecular weight excluding hydrogens is 266 g/mol. The number of nitrogens with one attached hydrogen (secondary N) is 2. The van der Waals surface area contributed by atoms with Gasteiger partial charge in [-0.15, -0.1) is 0 Å². The average Bonchev–Trinajstić information content (AvgIpc) is 2.85. The maximum atomic E-state index is 11.9. The molecule has 0 radical (unpaired) electrons. The number of ether oxygens (including phenoxy) is 1. The molecule has 9 nitrogen and oxygen atoms in total. The highest BCUT2D eigenvalue weighted by Crippen LogP contribution is 2.08. The second kappa shape index (κ2) is 5.47. The summed E-state index contributed by atoms with van der Waals surface area (Å²) in [5.74, 6) is 0.313. The zero-order valence-corrected chi connectivity index (χ0v) is 11.5. The van der Waals surface area contributed by atoms with Crippen molar-refractivity contribution in [2.45, 2.75) is 6.10 Å². The van der Waals surface area contributed by atoms with Crippen LogP contribution in [0.5, 0.6) is 0 Å². The minimum atomic E-state index is -0.695. The zero-order chi connectivity index (χ0) is 14.9. The van der Waals surface area contributed by atoms with Crippen LogP contribution < -0.4 is 16.6 Å². The Bertz CT molecular complexity index is 729. The number of aliphatic hydroxyl groups is 1. The number of anilines is 1. The van der Waals surface area contributed by atoms with Gasteiger partial charge in [0.1, 0.15) is 0 Å². The van der Waals surface area contributed by atoms with Gasteiger partial charge in [0.15, 0.2) is 11.2 Å². The van der Waals surface area contributed by atoms with Crippen LogP contribution in [0.15, 0.2) is 9.59 Å². The number of aromatic amines is 1. The molecule has 0 bridgehead atoms. The summed E-state index contributed by atoms with van der Waals surface area (Å²) in [5, 5.41) is 12.4. The SMILES string of the molecule is COCC(O)CNc1nc2c([nH]1)c(=O)n(C)c(=O)n2C. The monoisotopic (exact) mass is 283 g/mol. The average molecular weight is 283 g/mol. The minimum absolute atomic E-state index is 0.188. The number of aromatic nitrogens is 4. The highest BCUT2D eigenvalue weighted by molar-refractivity contribution is 5.72. The summed E-state index contributed by atoms with van der Waals surface area (Å²) in [6.45, 7) is 0.398. The van der Waals surface area contributed by atoms with Gasteiger partial charge >= 0.3 is 5.69 Å². The van der Waals surface area contributed by atoms with Gasteiger partial charge in [-0.2, -0.15) is 4.98 Å². The largest absolute Gasteiger partial charge is 0.389 e. The standard InChI is InChI=1S/C11H17N5O4/c1-15-8-7(9(18)16(2)11(15)19)13-10(14-8)12-4-6(17)5-20-3/h6,17H,4-5H2,1-3H3,(H2,12,13,14). The van der Waals surface area contributed by atoms with Crippen molar-refractivity contribution in [2.75, 3.05) is 25.6 Å². The normalized spacial score (nSPS) is 12.8. The molecule has 2 rings (SSSR count). The molecular formula is C11H17N5O4. The number of H-pyrrole nitrogens is 1. The Morgan fingerprint density at radius 3 is 2.75 bits per heavy atom. The summed E-state index contributed by atoms with van der Waals surface area (Å²) in [6, 6.07) is 0. The van der Waals surface area contributed by atoms with E-state index in [9.17, 15) is 14.7 Å². The number of hydrogen-bond acceptors (Lipinski definition) is 6. The van der Waals surface area contributed by atoms with Gasteiger partial charge in [0.2, 0.25) is 5.95 Å². The molecule has 0 saturated heterocycles. The van der Waals surface area contributed by atoms with E-state index in [2.05, 4.69) is 15.3 Å². The van der Waals surface area contributed by atoms with Crippen molar-refractivity contribution < 1.29 is 9.84 Å². The smallest absolute Gasteiger partial charge is 0.332 e. The summed E-state index contributed by atoms with van der Waals surface area (Å²) < 4.78 is 7.09. The molecule has 0 spiro atoms. The minimum Gasteiger partial charge on any atom is -0.389 e. The third kappa shape index (κ3) is 2.45. The van der Waals surface area contributed by atoms with Crippen molar-refractivity contribution in [2.24, 2.45) is 14.1 Å². The number of imidazole rings is 1. The second-order valence-corrected chi connectivity index (χ2v) is 4.48. The quantitative estimate of drug-likeness (QED) is 0.607. The molecule has 1 unspecified atom stereocenters. The molecule has 0 aliphatic carbocycles. The molecule has 3 N–H and O–H groups in total. The topological polar surface area (TPSA) is 114 Å². The Labute approximate surface area is 113 Å². The Balaban J connectivity index is 2.35. The van der Waals surface area contributed by atoms with E-state index in [1.165, 1.54) is 25.8 Å². The van der Waals surface area contributed by atoms with E-state index in [-0.39, 0.29) is 24.3 Å². The molecule has 0 amide bonds. The summed E-state index contributed by atoms with van der Waals surface area (Å²) in [4.78, 5) is 30.6. The first-order chi connectivity index (χ1) is 9.45. The molecule has 1 atom stereocenters. The fraction of sp³-hybridized carbons (Fsp3) is 0.545. The Morgan fingerprint density at radius 1 is 1.40 bits per heavy atom. The van der Waals surface area contributed by atoms with Gasteiger partial charge < -0.3 is 20.1 Å². The van der Waals surface area contributed by atoms with Crippen molar-refractivity contribution in [3.8, 4) is 0 Å². The van der Waals surface area contributed by atoms with Crippen LogP contribution in [0.4, 0.5) is 5.95 Å². The molecule has 2 aromatic rings. The number of rotatable bonds is 5. The summed E-state index contributed by atoms with van der Waals surface area (Å²) in [7, 11) is 4.43. The highest BCUT2D eigenvalue weighted by Gasteiger charge is 2.13. The molecule has 0 aromatic carbocycles. The predicted octanol–water partition coefficient (Wildman–Crippen LogP) is -1.62. The van der Waals surface area contributed by atoms with Crippen LogP contribution >= 0.6 is 0 Å². The molecule has 110 valence electrons. The van der Waals surface area contributed by atoms with E-state index >= 15 is 0 Å². The number of hydrogen-bond donors (Lipinski definition) is 3. The van der Waals surface area contributed by atoms with Crippen molar-refractivity contribution in [3.05, 3.63) is 20.8 Å². The van der Waals surface area contributed by atoms with E-state index in [1.54, 1.807) is 0 Å². The van der Waals surface area contributed by atoms with Crippen molar-refractivity contribution in [1.82, 2.24) is 19.1 Å². The lowest BCUT2D eigenvalue weighted by Gasteiger charge is -2.09. The first kappa shape index (κ1) is 14.3. The van der Waals surface area contributed by atoms with Gasteiger partial charge in [0.25, 0.3) is 5.56 Å². The van der Waals surface area contributed by atoms with Gasteiger partial charge in [0.05, 0.1) is 12.7 Å². The third-order valence-corrected chi connectivity index (χ3v) is 2.96. The second-order valence-electron chi connectivity index (χ2n) is 4.48. The molecule has 9 heteroatoms. The van der Waals surface area contributed by atoms with Gasteiger partial charge in [-0.05, 0) is 0 Å². The van der Waals surface area contributed by atoms with Gasteiger partial charge in [-0.1, -0.05) is 0 Å². The lowest BCUT2D eigenvalue weighted by atomic mass is 10.4. The molecule has 0 fully saturated rings. The molecule has 0 saturated carbocycles. The number of aliphatic hydroxyl groups excluding tert-OH is 1. The molecule has 0 aliphatic heterocycles. The van der Waals surface area contributed by atoms with Crippen LogP contribution in [0.2, 0.25) is 0 Å². The van der Waals surface area contributed by atoms with Crippen LogP contribution in [0, 0.1) is 0 Å². The van der Waals surface area contributed by atoms with Crippen LogP contribution in [0.25, 0.3) is 11.2 Å². The van der Waals surface area contributed by atoms with Crippen molar-refractivity contribution >= 4 is 17.1 Å². The first-order valence-corrected chi connectivity index (χ1v) is 6.02. The predicted molar refractivity (Wildman–Crippen MR) is 72.9 cm³/mol. The van der Waals surface area contributed by atoms with E-state index < -0.39 is 17.4 Å². The van der Waals surface area contributed by atoms with Crippen molar-refractivity contribution in [3.63, 3.8) is 0 Å². The van der Waals surface area contributed by atoms with Gasteiger partial charge in [-0.25, -0.2) is 4.79 Å². The Morgan fingerprint density at radius 2 is 2.10 bits per heavy atom. The maximum absolute atomic E-state index is 11.9. The molecule has 2 aromatic heterocycles. The lowest BCUT2D eigenvalue weighted by molar-refractivity contribution is 0.0727. The molecule has 0 aliphatic rings. The van der Waals surface area contributed by atoms with Gasteiger partial charge in [-0.3, -0.25) is 13.9 Å². The van der Waals surface area contributed by atoms with Gasteiger partial charge in [0, 0.05) is 27.7 Å². The van der Waals surface area contributed by atoms with E-state index in [0.717, 1.165) is 4.57 Å². The fourth-order valence-corrected chi connectivity index (χ4v) is 1.88. The summed E-state index contributed by atoms with van der Waals surface area (Å²) >= 11 is 0. The first-order valence-electron chi connectivity index (χ1n) is 6.02. The number of nitrogens with zero attached hydrogens (tertiary/aromatic N) is 3. The summed E-state index contributed by atoms with van der Waals surface area (Å²) in [5.41, 5.74) is -0.388. The Kier molecular flexibility index (Phi) is 3.91. The molecule has 20 heavy (non-hydrogen) atoms. The fourth-order valence-electron chi connectivity index (χ4n) is 1.88. The maximum Gasteiger partial charge on any atom is 0.332 e. The zero-order valence-electron chi connectivity index (χ0n) is 11.5. The Hall–Kier alpha value is -2.13. The number of aryl methyl sites for hydroxylation is 1.